The van der Waals surface area contributed by atoms with Crippen LogP contribution in [0.3, 0.4) is 0 Å². The maximum atomic E-state index is 12.8. The number of carbonyl (C=O) groups excluding carboxylic acids is 2. The zero-order valence-corrected chi connectivity index (χ0v) is 18.8. The minimum Gasteiger partial charge on any atom is -0.492 e. The van der Waals surface area contributed by atoms with Crippen molar-refractivity contribution in [2.24, 2.45) is 0 Å². The number of rotatable bonds is 9. The smallest absolute Gasteiger partial charge is 0.293 e. The third-order valence-corrected chi connectivity index (χ3v) is 5.85. The van der Waals surface area contributed by atoms with Gasteiger partial charge in [-0.15, -0.1) is 0 Å². The SMILES string of the molecule is O=C1S/C(=C\c2ccccc2OCc2ccc([N+](=O)[O-])cc2)C(=O)N1CCOc1ccccc1. The van der Waals surface area contributed by atoms with Gasteiger partial charge in [-0.05, 0) is 53.7 Å². The third kappa shape index (κ3) is 5.62. The zero-order chi connectivity index (χ0) is 23.9. The highest BCUT2D eigenvalue weighted by Crippen LogP contribution is 2.34. The van der Waals surface area contributed by atoms with E-state index >= 15 is 0 Å². The highest BCUT2D eigenvalue weighted by molar-refractivity contribution is 8.18. The van der Waals surface area contributed by atoms with Gasteiger partial charge in [-0.2, -0.15) is 0 Å². The summed E-state index contributed by atoms with van der Waals surface area (Å²) in [5, 5.41) is 10.5. The van der Waals surface area contributed by atoms with Crippen LogP contribution in [-0.4, -0.2) is 34.1 Å². The van der Waals surface area contributed by atoms with Crippen molar-refractivity contribution in [3.8, 4) is 11.5 Å². The number of thioether (sulfide) groups is 1. The number of nitrogens with zero attached hydrogens (tertiary/aromatic N) is 2. The molecule has 1 aliphatic heterocycles. The Morgan fingerprint density at radius 3 is 2.35 bits per heavy atom. The predicted molar refractivity (Wildman–Crippen MR) is 128 cm³/mol. The van der Waals surface area contributed by atoms with Gasteiger partial charge in [0, 0.05) is 17.7 Å². The monoisotopic (exact) mass is 476 g/mol. The second-order valence-corrected chi connectivity index (χ2v) is 8.24. The van der Waals surface area contributed by atoms with E-state index in [1.165, 1.54) is 17.0 Å². The number of ether oxygens (including phenoxy) is 2. The summed E-state index contributed by atoms with van der Waals surface area (Å²) in [6.45, 7) is 0.542. The van der Waals surface area contributed by atoms with E-state index in [-0.39, 0.29) is 36.6 Å². The van der Waals surface area contributed by atoms with Crippen LogP contribution in [0.5, 0.6) is 11.5 Å². The second kappa shape index (κ2) is 10.7. The predicted octanol–water partition coefficient (Wildman–Crippen LogP) is 5.29. The molecule has 3 aromatic rings. The molecule has 0 unspecified atom stereocenters. The maximum Gasteiger partial charge on any atom is 0.293 e. The van der Waals surface area contributed by atoms with E-state index in [1.807, 2.05) is 24.3 Å². The van der Waals surface area contributed by atoms with Crippen LogP contribution in [0.15, 0.2) is 83.8 Å². The molecule has 0 aromatic heterocycles. The number of imide groups is 1. The van der Waals surface area contributed by atoms with E-state index in [0.29, 0.717) is 22.0 Å². The minimum absolute atomic E-state index is 0.00837. The van der Waals surface area contributed by atoms with Crippen LogP contribution < -0.4 is 9.47 Å². The average Bonchev–Trinajstić information content (AvgIpc) is 3.12. The highest BCUT2D eigenvalue weighted by atomic mass is 32.2. The standard InChI is InChI=1S/C25H20N2O6S/c28-24-23(34-25(29)26(24)14-15-32-21-7-2-1-3-8-21)16-19-6-4-5-9-22(19)33-17-18-10-12-20(13-11-18)27(30)31/h1-13,16H,14-15,17H2/b23-16-. The number of carbonyl (C=O) groups is 2. The molecule has 1 aliphatic rings. The van der Waals surface area contributed by atoms with Crippen molar-refractivity contribution in [1.29, 1.82) is 0 Å². The number of hydrogen-bond acceptors (Lipinski definition) is 7. The van der Waals surface area contributed by atoms with Crippen LogP contribution in [0, 0.1) is 10.1 Å². The van der Waals surface area contributed by atoms with Crippen LogP contribution in [0.2, 0.25) is 0 Å². The summed E-state index contributed by atoms with van der Waals surface area (Å²) in [6.07, 6.45) is 1.63. The molecular formula is C25H20N2O6S. The van der Waals surface area contributed by atoms with E-state index in [4.69, 9.17) is 9.47 Å². The summed E-state index contributed by atoms with van der Waals surface area (Å²) < 4.78 is 11.5. The number of benzene rings is 3. The van der Waals surface area contributed by atoms with Crippen LogP contribution >= 0.6 is 11.8 Å². The van der Waals surface area contributed by atoms with Gasteiger partial charge in [0.05, 0.1) is 16.4 Å². The summed E-state index contributed by atoms with van der Waals surface area (Å²) in [5.41, 5.74) is 1.42. The van der Waals surface area contributed by atoms with E-state index in [9.17, 15) is 19.7 Å². The molecule has 0 atom stereocenters. The van der Waals surface area contributed by atoms with Gasteiger partial charge >= 0.3 is 0 Å². The van der Waals surface area contributed by atoms with Gasteiger partial charge in [-0.3, -0.25) is 24.6 Å². The maximum absolute atomic E-state index is 12.8. The molecule has 9 heteroatoms. The first kappa shape index (κ1) is 23.1. The lowest BCUT2D eigenvalue weighted by Gasteiger charge is -2.13. The van der Waals surface area contributed by atoms with E-state index < -0.39 is 4.92 Å². The van der Waals surface area contributed by atoms with Crippen LogP contribution in [0.25, 0.3) is 6.08 Å². The molecule has 0 spiro atoms. The molecule has 172 valence electrons. The van der Waals surface area contributed by atoms with Gasteiger partial charge in [0.25, 0.3) is 16.8 Å². The summed E-state index contributed by atoms with van der Waals surface area (Å²) in [7, 11) is 0. The summed E-state index contributed by atoms with van der Waals surface area (Å²) in [6, 6.07) is 22.4. The molecule has 0 bridgehead atoms. The van der Waals surface area contributed by atoms with Crippen LogP contribution in [0.1, 0.15) is 11.1 Å². The van der Waals surface area contributed by atoms with E-state index in [2.05, 4.69) is 0 Å². The fraction of sp³-hybridized carbons (Fsp3) is 0.120. The van der Waals surface area contributed by atoms with E-state index in [1.54, 1.807) is 48.5 Å². The Hall–Kier alpha value is -4.11. The van der Waals surface area contributed by atoms with Gasteiger partial charge in [0.15, 0.2) is 0 Å². The Morgan fingerprint density at radius 2 is 1.62 bits per heavy atom. The Labute approximate surface area is 199 Å². The lowest BCUT2D eigenvalue weighted by atomic mass is 10.1. The molecule has 2 amide bonds. The van der Waals surface area contributed by atoms with Crippen LogP contribution in [-0.2, 0) is 11.4 Å². The Balaban J connectivity index is 1.40. The molecule has 1 fully saturated rings. The molecule has 0 N–H and O–H groups in total. The molecule has 1 saturated heterocycles. The van der Waals surface area contributed by atoms with Crippen molar-refractivity contribution in [3.63, 3.8) is 0 Å². The van der Waals surface area contributed by atoms with Crippen molar-refractivity contribution in [1.82, 2.24) is 4.90 Å². The number of amides is 2. The normalized spacial score (nSPS) is 14.5. The number of non-ortho nitro benzene ring substituents is 1. The fourth-order valence-corrected chi connectivity index (χ4v) is 4.07. The first-order valence-corrected chi connectivity index (χ1v) is 11.2. The number of nitro groups is 1. The molecule has 3 aromatic carbocycles. The van der Waals surface area contributed by atoms with Gasteiger partial charge in [-0.25, -0.2) is 0 Å². The molecule has 0 aliphatic carbocycles. The van der Waals surface area contributed by atoms with Gasteiger partial charge in [0.1, 0.15) is 24.7 Å². The quantitative estimate of drug-likeness (QED) is 0.235. The molecule has 0 saturated carbocycles. The third-order valence-electron chi connectivity index (χ3n) is 4.95. The van der Waals surface area contributed by atoms with Crippen molar-refractivity contribution >= 4 is 34.7 Å². The summed E-state index contributed by atoms with van der Waals surface area (Å²) in [4.78, 5) is 37.0. The van der Waals surface area contributed by atoms with Crippen molar-refractivity contribution in [3.05, 3.63) is 105 Å². The summed E-state index contributed by atoms with van der Waals surface area (Å²) >= 11 is 0.874. The lowest BCUT2D eigenvalue weighted by Crippen LogP contribution is -2.32. The first-order chi connectivity index (χ1) is 16.5. The highest BCUT2D eigenvalue weighted by Gasteiger charge is 2.35. The Kier molecular flexibility index (Phi) is 7.24. The van der Waals surface area contributed by atoms with Crippen molar-refractivity contribution in [2.75, 3.05) is 13.2 Å². The van der Waals surface area contributed by atoms with Gasteiger partial charge in [-0.1, -0.05) is 36.4 Å². The second-order valence-electron chi connectivity index (χ2n) is 7.24. The Bertz CT molecular complexity index is 1230. The summed E-state index contributed by atoms with van der Waals surface area (Å²) in [5.74, 6) is 0.820. The van der Waals surface area contributed by atoms with Gasteiger partial charge in [0.2, 0.25) is 0 Å². The number of hydrogen-bond donors (Lipinski definition) is 0. The van der Waals surface area contributed by atoms with Crippen molar-refractivity contribution < 1.29 is 24.0 Å². The molecule has 1 heterocycles. The van der Waals surface area contributed by atoms with Crippen molar-refractivity contribution in [2.45, 2.75) is 6.61 Å². The number of para-hydroxylation sites is 2. The minimum atomic E-state index is -0.458. The lowest BCUT2D eigenvalue weighted by molar-refractivity contribution is -0.384. The zero-order valence-electron chi connectivity index (χ0n) is 18.0. The molecule has 0 radical (unpaired) electrons. The van der Waals surface area contributed by atoms with E-state index in [0.717, 1.165) is 17.3 Å². The van der Waals surface area contributed by atoms with Crippen LogP contribution in [0.4, 0.5) is 10.5 Å². The first-order valence-electron chi connectivity index (χ1n) is 10.4. The fourth-order valence-electron chi connectivity index (χ4n) is 3.21. The number of nitro benzene ring substituents is 1. The average molecular weight is 477 g/mol. The molecule has 8 nitrogen and oxygen atoms in total. The molecule has 4 rings (SSSR count). The topological polar surface area (TPSA) is 99.0 Å². The molecular weight excluding hydrogens is 456 g/mol. The Morgan fingerprint density at radius 1 is 0.912 bits per heavy atom. The largest absolute Gasteiger partial charge is 0.492 e. The van der Waals surface area contributed by atoms with Gasteiger partial charge < -0.3 is 9.47 Å². The molecule has 34 heavy (non-hydrogen) atoms.